The summed E-state index contributed by atoms with van der Waals surface area (Å²) in [5.41, 5.74) is 0.348. The van der Waals surface area contributed by atoms with Crippen LogP contribution in [0, 0.1) is 5.92 Å². The van der Waals surface area contributed by atoms with E-state index in [0.29, 0.717) is 6.04 Å². The third-order valence-electron chi connectivity index (χ3n) is 6.68. The number of hydrogen-bond donors (Lipinski definition) is 1. The van der Waals surface area contributed by atoms with Crippen LogP contribution >= 0.6 is 0 Å². The molecule has 3 atom stereocenters. The first-order valence-corrected chi connectivity index (χ1v) is 10.2. The molecule has 2 aromatic carbocycles. The van der Waals surface area contributed by atoms with Gasteiger partial charge in [0.1, 0.15) is 5.82 Å². The van der Waals surface area contributed by atoms with Gasteiger partial charge >= 0.3 is 0 Å². The topological polar surface area (TPSA) is 36.4 Å². The molecule has 2 heterocycles. The summed E-state index contributed by atoms with van der Waals surface area (Å²) in [6, 6.07) is 21.2. The molecule has 3 heteroatoms. The maximum atomic E-state index is 11.8. The van der Waals surface area contributed by atoms with Crippen molar-refractivity contribution in [1.82, 2.24) is 4.98 Å². The Morgan fingerprint density at radius 3 is 2.59 bits per heavy atom. The lowest BCUT2D eigenvalue weighted by Gasteiger charge is -2.53. The van der Waals surface area contributed by atoms with Crippen molar-refractivity contribution in [2.24, 2.45) is 5.92 Å². The number of benzene rings is 2. The van der Waals surface area contributed by atoms with Crippen molar-refractivity contribution in [3.8, 4) is 0 Å². The molecule has 138 valence electrons. The van der Waals surface area contributed by atoms with Crippen LogP contribution in [0.3, 0.4) is 0 Å². The molecule has 1 unspecified atom stereocenters. The molecule has 1 N–H and O–H groups in total. The zero-order chi connectivity index (χ0) is 18.3. The molecule has 0 spiro atoms. The fourth-order valence-corrected chi connectivity index (χ4v) is 5.36. The van der Waals surface area contributed by atoms with Crippen molar-refractivity contribution in [1.29, 1.82) is 0 Å². The van der Waals surface area contributed by atoms with Gasteiger partial charge in [0.05, 0.1) is 5.60 Å². The molecule has 27 heavy (non-hydrogen) atoms. The van der Waals surface area contributed by atoms with Crippen LogP contribution in [0.4, 0.5) is 5.82 Å². The zero-order valence-corrected chi connectivity index (χ0v) is 15.6. The maximum absolute atomic E-state index is 11.8. The highest BCUT2D eigenvalue weighted by molar-refractivity contribution is 5.92. The first-order valence-electron chi connectivity index (χ1n) is 10.2. The highest BCUT2D eigenvalue weighted by Gasteiger charge is 2.49. The van der Waals surface area contributed by atoms with Gasteiger partial charge in [-0.1, -0.05) is 67.4 Å². The fourth-order valence-electron chi connectivity index (χ4n) is 5.36. The number of aliphatic hydroxyl groups is 1. The Balaban J connectivity index is 1.57. The normalized spacial score (nSPS) is 28.1. The van der Waals surface area contributed by atoms with Crippen LogP contribution in [0.5, 0.6) is 0 Å². The van der Waals surface area contributed by atoms with Gasteiger partial charge in [0.25, 0.3) is 0 Å². The quantitative estimate of drug-likeness (QED) is 0.708. The van der Waals surface area contributed by atoms with Gasteiger partial charge in [-0.3, -0.25) is 0 Å². The zero-order valence-electron chi connectivity index (χ0n) is 15.6. The summed E-state index contributed by atoms with van der Waals surface area (Å²) in [5, 5.41) is 14.2. The van der Waals surface area contributed by atoms with Gasteiger partial charge in [-0.2, -0.15) is 0 Å². The Morgan fingerprint density at radius 1 is 0.926 bits per heavy atom. The molecule has 3 nitrogen and oxygen atoms in total. The van der Waals surface area contributed by atoms with Gasteiger partial charge in [0, 0.05) is 30.1 Å². The van der Waals surface area contributed by atoms with Crippen molar-refractivity contribution < 1.29 is 5.11 Å². The lowest BCUT2D eigenvalue weighted by molar-refractivity contribution is -0.0690. The predicted octanol–water partition coefficient (Wildman–Crippen LogP) is 4.89. The summed E-state index contributed by atoms with van der Waals surface area (Å²) >= 11 is 0. The third-order valence-corrected chi connectivity index (χ3v) is 6.68. The van der Waals surface area contributed by atoms with E-state index in [1.165, 1.54) is 23.6 Å². The summed E-state index contributed by atoms with van der Waals surface area (Å²) in [7, 11) is 0. The number of hydrogen-bond acceptors (Lipinski definition) is 3. The Kier molecular flexibility index (Phi) is 4.13. The van der Waals surface area contributed by atoms with Gasteiger partial charge in [0.15, 0.2) is 0 Å². The molecule has 0 amide bonds. The average molecular weight is 358 g/mol. The van der Waals surface area contributed by atoms with E-state index in [1.807, 2.05) is 24.4 Å². The lowest BCUT2D eigenvalue weighted by Crippen LogP contribution is -2.57. The molecular weight excluding hydrogens is 332 g/mol. The maximum Gasteiger partial charge on any atom is 0.136 e. The van der Waals surface area contributed by atoms with Gasteiger partial charge in [-0.05, 0) is 36.3 Å². The second kappa shape index (κ2) is 6.65. The molecule has 1 aromatic heterocycles. The molecule has 2 fully saturated rings. The second-order valence-corrected chi connectivity index (χ2v) is 8.05. The van der Waals surface area contributed by atoms with Crippen LogP contribution in [-0.2, 0) is 5.60 Å². The van der Waals surface area contributed by atoms with E-state index in [4.69, 9.17) is 4.98 Å². The van der Waals surface area contributed by atoms with Crippen LogP contribution in [0.2, 0.25) is 0 Å². The molecule has 0 bridgehead atoms. The van der Waals surface area contributed by atoms with Gasteiger partial charge in [0.2, 0.25) is 0 Å². The molecular formula is C24H26N2O. The number of pyridine rings is 1. The predicted molar refractivity (Wildman–Crippen MR) is 110 cm³/mol. The van der Waals surface area contributed by atoms with Crippen molar-refractivity contribution in [2.75, 3.05) is 11.4 Å². The molecule has 3 aromatic rings. The molecule has 1 saturated carbocycles. The summed E-state index contributed by atoms with van der Waals surface area (Å²) in [6.45, 7) is 0.841. The smallest absolute Gasteiger partial charge is 0.136 e. The van der Waals surface area contributed by atoms with E-state index >= 15 is 0 Å². The number of nitrogens with zero attached hydrogens (tertiary/aromatic N) is 2. The van der Waals surface area contributed by atoms with Crippen molar-refractivity contribution >= 4 is 16.6 Å². The molecule has 1 saturated heterocycles. The first-order chi connectivity index (χ1) is 13.3. The van der Waals surface area contributed by atoms with Gasteiger partial charge in [-0.15, -0.1) is 0 Å². The van der Waals surface area contributed by atoms with E-state index in [0.717, 1.165) is 37.2 Å². The number of fused-ring (bicyclic) bond motifs is 2. The highest BCUT2D eigenvalue weighted by Crippen LogP contribution is 2.48. The molecule has 5 rings (SSSR count). The summed E-state index contributed by atoms with van der Waals surface area (Å²) in [5.74, 6) is 1.34. The highest BCUT2D eigenvalue weighted by atomic mass is 16.3. The minimum Gasteiger partial charge on any atom is -0.385 e. The standard InChI is InChI=1S/C24H26N2O/c27-24(19-9-2-1-3-10-19)15-17-26(22-13-7-6-12-21(22)24)23-20-11-5-4-8-18(20)14-16-25-23/h1-5,8-11,14,16,21-22,27H,6-7,12-13,15,17H2/t21-,22+,24?/m0/s1. The fraction of sp³-hybridized carbons (Fsp3) is 0.375. The number of aromatic nitrogens is 1. The van der Waals surface area contributed by atoms with Crippen LogP contribution in [-0.4, -0.2) is 22.7 Å². The Morgan fingerprint density at radius 2 is 1.70 bits per heavy atom. The Hall–Kier alpha value is -2.39. The van der Waals surface area contributed by atoms with Gasteiger partial charge < -0.3 is 10.0 Å². The number of piperidine rings is 1. The van der Waals surface area contributed by atoms with E-state index in [1.54, 1.807) is 0 Å². The van der Waals surface area contributed by atoms with Crippen LogP contribution in [0.15, 0.2) is 66.9 Å². The summed E-state index contributed by atoms with van der Waals surface area (Å²) in [4.78, 5) is 7.28. The van der Waals surface area contributed by atoms with Crippen molar-refractivity contribution in [3.05, 3.63) is 72.4 Å². The Labute approximate surface area is 160 Å². The second-order valence-electron chi connectivity index (χ2n) is 8.05. The summed E-state index contributed by atoms with van der Waals surface area (Å²) in [6.07, 6.45) is 7.32. The van der Waals surface area contributed by atoms with Gasteiger partial charge in [-0.25, -0.2) is 4.98 Å². The molecule has 1 aliphatic heterocycles. The number of rotatable bonds is 2. The van der Waals surface area contributed by atoms with Crippen LogP contribution in [0.1, 0.15) is 37.7 Å². The average Bonchev–Trinajstić information content (AvgIpc) is 2.75. The van der Waals surface area contributed by atoms with Crippen LogP contribution < -0.4 is 4.90 Å². The number of anilines is 1. The minimum atomic E-state index is -0.729. The molecule has 0 radical (unpaired) electrons. The van der Waals surface area contributed by atoms with E-state index in [-0.39, 0.29) is 5.92 Å². The SMILES string of the molecule is OC1(c2ccccc2)CCN(c2nccc3ccccc23)[C@@H]2CCCC[C@@H]21. The van der Waals surface area contributed by atoms with E-state index < -0.39 is 5.60 Å². The van der Waals surface area contributed by atoms with Crippen LogP contribution in [0.25, 0.3) is 10.8 Å². The Bertz CT molecular complexity index is 936. The van der Waals surface area contributed by atoms with Crippen molar-refractivity contribution in [2.45, 2.75) is 43.7 Å². The summed E-state index contributed by atoms with van der Waals surface area (Å²) < 4.78 is 0. The molecule has 1 aliphatic carbocycles. The molecule has 2 aliphatic rings. The van der Waals surface area contributed by atoms with Crippen molar-refractivity contribution in [3.63, 3.8) is 0 Å². The van der Waals surface area contributed by atoms with E-state index in [2.05, 4.69) is 47.4 Å². The first kappa shape index (κ1) is 16.8. The largest absolute Gasteiger partial charge is 0.385 e. The lowest BCUT2D eigenvalue weighted by atomic mass is 9.66. The minimum absolute atomic E-state index is 0.253. The third kappa shape index (κ3) is 2.72. The monoisotopic (exact) mass is 358 g/mol. The van der Waals surface area contributed by atoms with E-state index in [9.17, 15) is 5.11 Å².